The summed E-state index contributed by atoms with van der Waals surface area (Å²) < 4.78 is 14.8. The average molecular weight is 378 g/mol. The molecule has 9 nitrogen and oxygen atoms in total. The Morgan fingerprint density at radius 2 is 1.78 bits per heavy atom. The van der Waals surface area contributed by atoms with Gasteiger partial charge in [-0.3, -0.25) is 14.6 Å². The number of nitrogens with zero attached hydrogens (tertiary/aromatic N) is 5. The van der Waals surface area contributed by atoms with Crippen LogP contribution in [0.3, 0.4) is 0 Å². The number of aromatic nitrogens is 2. The highest BCUT2D eigenvalue weighted by molar-refractivity contribution is 6.20. The highest BCUT2D eigenvalue weighted by atomic mass is 16.5. The van der Waals surface area contributed by atoms with Gasteiger partial charge in [-0.15, -0.1) is 0 Å². The molecule has 0 saturated carbocycles. The van der Waals surface area contributed by atoms with E-state index >= 15 is 0 Å². The van der Waals surface area contributed by atoms with Gasteiger partial charge < -0.3 is 9.47 Å². The minimum Gasteiger partial charge on any atom is -0.380 e. The van der Waals surface area contributed by atoms with Crippen LogP contribution in [-0.2, 0) is 20.8 Å². The molecule has 0 radical (unpaired) electrons. The third kappa shape index (κ3) is 3.14. The molecule has 1 saturated heterocycles. The van der Waals surface area contributed by atoms with Crippen molar-refractivity contribution in [2.75, 3.05) is 40.0 Å². The number of aliphatic imine (C=N–C) groups is 1. The lowest BCUT2D eigenvalue weighted by Crippen LogP contribution is -2.58. The van der Waals surface area contributed by atoms with Crippen LogP contribution in [0.2, 0.25) is 0 Å². The van der Waals surface area contributed by atoms with E-state index in [-0.39, 0.29) is 18.5 Å². The second kappa shape index (κ2) is 7.77. The van der Waals surface area contributed by atoms with Crippen molar-refractivity contribution in [3.05, 3.63) is 11.4 Å². The van der Waals surface area contributed by atoms with Gasteiger partial charge in [0.15, 0.2) is 0 Å². The number of amidine groups is 1. The monoisotopic (exact) mass is 378 g/mol. The van der Waals surface area contributed by atoms with Crippen LogP contribution in [0, 0.1) is 13.8 Å². The van der Waals surface area contributed by atoms with Crippen molar-refractivity contribution in [2.45, 2.75) is 40.3 Å². The van der Waals surface area contributed by atoms with E-state index in [2.05, 4.69) is 4.99 Å². The summed E-state index contributed by atoms with van der Waals surface area (Å²) in [5.41, 5.74) is 2.01. The Kier molecular flexibility index (Phi) is 5.61. The molecule has 3 rings (SSSR count). The Bertz CT molecular complexity index is 785. The maximum Gasteiger partial charge on any atom is 0.402 e. The molecule has 2 aliphatic rings. The molecule has 1 aromatic heterocycles. The van der Waals surface area contributed by atoms with Crippen molar-refractivity contribution in [3.63, 3.8) is 0 Å². The molecule has 1 unspecified atom stereocenters. The van der Waals surface area contributed by atoms with Gasteiger partial charge in [-0.05, 0) is 27.7 Å². The highest BCUT2D eigenvalue weighted by Gasteiger charge is 2.53. The minimum absolute atomic E-state index is 0.235. The first-order valence-corrected chi connectivity index (χ1v) is 9.38. The number of fused-ring (bicyclic) bond motifs is 3. The summed E-state index contributed by atoms with van der Waals surface area (Å²) >= 11 is 0. The third-order valence-electron chi connectivity index (χ3n) is 5.15. The Morgan fingerprint density at radius 1 is 1.11 bits per heavy atom. The normalized spacial score (nSPS) is 18.9. The first-order valence-electron chi connectivity index (χ1n) is 9.38. The number of likely N-dealkylation sites (N-methyl/N-ethyl adjacent to an activating group) is 1. The topological polar surface area (TPSA) is 80.2 Å². The summed E-state index contributed by atoms with van der Waals surface area (Å²) in [7, 11) is 1.66. The fourth-order valence-electron chi connectivity index (χ4n) is 3.58. The molecular formula is C18H28N5O4+. The predicted octanol–water partition coefficient (Wildman–Crippen LogP) is 0.944. The van der Waals surface area contributed by atoms with Crippen LogP contribution in [0.4, 0.5) is 10.7 Å². The van der Waals surface area contributed by atoms with Gasteiger partial charge in [0.2, 0.25) is 11.9 Å². The molecule has 148 valence electrons. The molecular weight excluding hydrogens is 350 g/mol. The molecule has 0 spiro atoms. The zero-order valence-corrected chi connectivity index (χ0v) is 16.7. The summed E-state index contributed by atoms with van der Waals surface area (Å²) in [5.74, 6) is 0.899. The summed E-state index contributed by atoms with van der Waals surface area (Å²) in [6, 6.07) is -0.980. The van der Waals surface area contributed by atoms with Gasteiger partial charge in [-0.2, -0.15) is 0 Å². The van der Waals surface area contributed by atoms with Crippen molar-refractivity contribution in [1.82, 2.24) is 14.4 Å². The lowest BCUT2D eigenvalue weighted by atomic mass is 10.1. The van der Waals surface area contributed by atoms with Crippen molar-refractivity contribution in [2.24, 2.45) is 4.99 Å². The number of imide groups is 1. The van der Waals surface area contributed by atoms with E-state index in [1.807, 2.05) is 36.8 Å². The lowest BCUT2D eigenvalue weighted by Gasteiger charge is -2.33. The van der Waals surface area contributed by atoms with E-state index in [1.54, 1.807) is 7.05 Å². The molecule has 0 bridgehead atoms. The molecule has 27 heavy (non-hydrogen) atoms. The number of rotatable bonds is 8. The standard InChI is InChI=1S/C18H28N5O4/c1-6-26-10-8-21-12(3)13(4)23-14-15(19-17(21)23)20(5)18(25)22(16(14)24)9-11-27-7-2/h14H,6-11H2,1-5H3/q+1. The van der Waals surface area contributed by atoms with Gasteiger partial charge in [0.05, 0.1) is 26.3 Å². The average Bonchev–Trinajstić information content (AvgIpc) is 3.14. The number of hydrogen-bond acceptors (Lipinski definition) is 5. The minimum atomic E-state index is -0.614. The van der Waals surface area contributed by atoms with E-state index in [0.717, 1.165) is 11.4 Å². The molecule has 0 aromatic carbocycles. The molecule has 0 N–H and O–H groups in total. The summed E-state index contributed by atoms with van der Waals surface area (Å²) in [4.78, 5) is 33.2. The van der Waals surface area contributed by atoms with Crippen LogP contribution in [0.25, 0.3) is 0 Å². The van der Waals surface area contributed by atoms with Gasteiger partial charge in [-0.1, -0.05) is 4.99 Å². The smallest absolute Gasteiger partial charge is 0.380 e. The first kappa shape index (κ1) is 19.5. The van der Waals surface area contributed by atoms with E-state index in [4.69, 9.17) is 9.47 Å². The summed E-state index contributed by atoms with van der Waals surface area (Å²) in [6.45, 7) is 10.8. The number of hydrogen-bond donors (Lipinski definition) is 0. The van der Waals surface area contributed by atoms with Crippen molar-refractivity contribution in [3.8, 4) is 0 Å². The van der Waals surface area contributed by atoms with Gasteiger partial charge in [0.25, 0.3) is 5.91 Å². The Labute approximate surface area is 159 Å². The van der Waals surface area contributed by atoms with Crippen LogP contribution < -0.4 is 4.57 Å². The van der Waals surface area contributed by atoms with Crippen molar-refractivity contribution < 1.29 is 23.6 Å². The van der Waals surface area contributed by atoms with Gasteiger partial charge in [0.1, 0.15) is 11.4 Å². The number of carbonyl (C=O) groups excluding carboxylic acids is 2. The zero-order chi connectivity index (χ0) is 19.7. The molecule has 9 heteroatoms. The molecule has 0 aliphatic carbocycles. The first-order chi connectivity index (χ1) is 12.9. The quantitative estimate of drug-likeness (QED) is 0.498. The van der Waals surface area contributed by atoms with E-state index in [1.165, 1.54) is 9.80 Å². The van der Waals surface area contributed by atoms with Crippen LogP contribution >= 0.6 is 0 Å². The Morgan fingerprint density at radius 3 is 2.44 bits per heavy atom. The van der Waals surface area contributed by atoms with Crippen LogP contribution in [0.5, 0.6) is 0 Å². The van der Waals surface area contributed by atoms with Gasteiger partial charge in [0, 0.05) is 20.3 Å². The van der Waals surface area contributed by atoms with Gasteiger partial charge >= 0.3 is 12.0 Å². The largest absolute Gasteiger partial charge is 0.402 e. The maximum atomic E-state index is 13.1. The maximum absolute atomic E-state index is 13.1. The number of ether oxygens (including phenoxy) is 2. The van der Waals surface area contributed by atoms with E-state index in [9.17, 15) is 9.59 Å². The van der Waals surface area contributed by atoms with E-state index < -0.39 is 6.04 Å². The van der Waals surface area contributed by atoms with Crippen LogP contribution in [0.1, 0.15) is 31.3 Å². The second-order valence-corrected chi connectivity index (χ2v) is 6.59. The molecule has 1 aromatic rings. The van der Waals surface area contributed by atoms with Crippen LogP contribution in [-0.4, -0.2) is 72.2 Å². The lowest BCUT2D eigenvalue weighted by molar-refractivity contribution is -0.690. The zero-order valence-electron chi connectivity index (χ0n) is 16.7. The molecule has 3 heterocycles. The Hall–Kier alpha value is -2.26. The summed E-state index contributed by atoms with van der Waals surface area (Å²) in [5, 5.41) is 0. The van der Waals surface area contributed by atoms with Gasteiger partial charge in [-0.25, -0.2) is 13.9 Å². The summed E-state index contributed by atoms with van der Waals surface area (Å²) in [6.07, 6.45) is 0. The highest BCUT2D eigenvalue weighted by Crippen LogP contribution is 2.35. The molecule has 3 amide bonds. The third-order valence-corrected chi connectivity index (χ3v) is 5.15. The van der Waals surface area contributed by atoms with Crippen molar-refractivity contribution in [1.29, 1.82) is 0 Å². The predicted molar refractivity (Wildman–Crippen MR) is 98.1 cm³/mol. The van der Waals surface area contributed by atoms with E-state index in [0.29, 0.717) is 44.8 Å². The number of urea groups is 1. The molecule has 2 aliphatic heterocycles. The van der Waals surface area contributed by atoms with Crippen molar-refractivity contribution >= 4 is 23.7 Å². The number of carbonyl (C=O) groups is 2. The van der Waals surface area contributed by atoms with Crippen LogP contribution in [0.15, 0.2) is 4.99 Å². The fourth-order valence-corrected chi connectivity index (χ4v) is 3.58. The molecule has 1 fully saturated rings. The Balaban J connectivity index is 1.96. The number of imidazole rings is 1. The fraction of sp³-hybridized carbons (Fsp3) is 0.667. The SMILES string of the molecule is CCOCCN1C(=O)C2C(=Nc3n2c(C)c(C)[n+]3CCOCC)N(C)C1=O. The molecule has 1 atom stereocenters. The second-order valence-electron chi connectivity index (χ2n) is 6.59. The number of amides is 3.